The van der Waals surface area contributed by atoms with Gasteiger partial charge in [-0.25, -0.2) is 0 Å². The molecule has 1 atom stereocenters. The van der Waals surface area contributed by atoms with Gasteiger partial charge in [0, 0.05) is 6.42 Å². The molecule has 0 bridgehead atoms. The van der Waals surface area contributed by atoms with Crippen LogP contribution in [0.1, 0.15) is 137 Å². The zero-order valence-electron chi connectivity index (χ0n) is 20.4. The Balaban J connectivity index is 0. The number of hydrogen-bond donors (Lipinski definition) is 1. The Morgan fingerprint density at radius 2 is 1.41 bits per heavy atom. The van der Waals surface area contributed by atoms with Gasteiger partial charge in [0.1, 0.15) is 5.60 Å². The summed E-state index contributed by atoms with van der Waals surface area (Å²) < 4.78 is 6.34. The Morgan fingerprint density at radius 3 is 1.93 bits per heavy atom. The lowest BCUT2D eigenvalue weighted by Crippen LogP contribution is -2.43. The molecule has 174 valence electrons. The molecule has 3 nitrogen and oxygen atoms in total. The maximum absolute atomic E-state index is 12.7. The molecule has 0 aromatic heterocycles. The number of carbonyl (C=O) groups excluding carboxylic acids is 1. The molecule has 0 amide bonds. The highest BCUT2D eigenvalue weighted by Crippen LogP contribution is 2.39. The van der Waals surface area contributed by atoms with Gasteiger partial charge in [-0.2, -0.15) is 0 Å². The van der Waals surface area contributed by atoms with Gasteiger partial charge in [0.05, 0.1) is 0 Å². The number of allylic oxidation sites excluding steroid dienone is 1. The van der Waals surface area contributed by atoms with Crippen LogP contribution in [0.3, 0.4) is 0 Å². The summed E-state index contributed by atoms with van der Waals surface area (Å²) in [4.78, 5) is 12.7. The lowest BCUT2D eigenvalue weighted by molar-refractivity contribution is -0.170. The minimum Gasteiger partial charge on any atom is -0.459 e. The summed E-state index contributed by atoms with van der Waals surface area (Å²) in [5, 5.41) is 0. The number of hydrogen-bond acceptors (Lipinski definition) is 3. The van der Waals surface area contributed by atoms with E-state index in [2.05, 4.69) is 34.3 Å². The summed E-state index contributed by atoms with van der Waals surface area (Å²) in [5.74, 6) is 0.567. The Morgan fingerprint density at radius 1 is 0.828 bits per heavy atom. The van der Waals surface area contributed by atoms with Crippen LogP contribution in [0.5, 0.6) is 0 Å². The summed E-state index contributed by atoms with van der Waals surface area (Å²) in [7, 11) is 0. The summed E-state index contributed by atoms with van der Waals surface area (Å²) in [6.45, 7) is 12.8. The number of esters is 1. The van der Waals surface area contributed by atoms with E-state index >= 15 is 0 Å². The van der Waals surface area contributed by atoms with Crippen molar-refractivity contribution in [3.8, 4) is 0 Å². The Bertz CT molecular complexity index is 375. The molecule has 0 aromatic rings. The van der Waals surface area contributed by atoms with E-state index in [4.69, 9.17) is 4.74 Å². The molecule has 0 radical (unpaired) electrons. The van der Waals surface area contributed by atoms with Crippen LogP contribution < -0.4 is 6.15 Å². The SMILES string of the molecule is C=CCCCCCCCCC(=O)OC(CCC)(CCC)C(CCC)CCCC.N. The van der Waals surface area contributed by atoms with Gasteiger partial charge in [-0.3, -0.25) is 4.79 Å². The van der Waals surface area contributed by atoms with E-state index in [9.17, 15) is 4.79 Å². The third-order valence-electron chi connectivity index (χ3n) is 5.99. The Hall–Kier alpha value is -0.830. The Kier molecular flexibility index (Phi) is 21.4. The third kappa shape index (κ3) is 13.9. The van der Waals surface area contributed by atoms with Gasteiger partial charge in [0.25, 0.3) is 0 Å². The molecule has 0 fully saturated rings. The number of unbranched alkanes of at least 4 members (excludes halogenated alkanes) is 7. The van der Waals surface area contributed by atoms with Crippen molar-refractivity contribution in [1.29, 1.82) is 0 Å². The number of ether oxygens (including phenoxy) is 1. The Labute approximate surface area is 183 Å². The molecular formula is C26H53NO2. The highest BCUT2D eigenvalue weighted by atomic mass is 16.6. The van der Waals surface area contributed by atoms with Crippen molar-refractivity contribution in [3.63, 3.8) is 0 Å². The summed E-state index contributed by atoms with van der Waals surface area (Å²) in [6, 6.07) is 0. The van der Waals surface area contributed by atoms with Crippen LogP contribution in [-0.2, 0) is 9.53 Å². The second kappa shape index (κ2) is 20.4. The smallest absolute Gasteiger partial charge is 0.306 e. The van der Waals surface area contributed by atoms with Crippen molar-refractivity contribution in [2.45, 2.75) is 142 Å². The van der Waals surface area contributed by atoms with Crippen molar-refractivity contribution >= 4 is 5.97 Å². The van der Waals surface area contributed by atoms with Crippen molar-refractivity contribution in [1.82, 2.24) is 6.15 Å². The fourth-order valence-corrected chi connectivity index (χ4v) is 4.58. The summed E-state index contributed by atoms with van der Waals surface area (Å²) >= 11 is 0. The van der Waals surface area contributed by atoms with Gasteiger partial charge in [-0.15, -0.1) is 6.58 Å². The van der Waals surface area contributed by atoms with Gasteiger partial charge in [0.2, 0.25) is 0 Å². The zero-order chi connectivity index (χ0) is 21.1. The van der Waals surface area contributed by atoms with Crippen molar-refractivity contribution < 1.29 is 9.53 Å². The van der Waals surface area contributed by atoms with Crippen LogP contribution in [0.25, 0.3) is 0 Å². The number of carbonyl (C=O) groups is 1. The maximum Gasteiger partial charge on any atom is 0.306 e. The van der Waals surface area contributed by atoms with E-state index in [0.29, 0.717) is 12.3 Å². The fourth-order valence-electron chi connectivity index (χ4n) is 4.58. The van der Waals surface area contributed by atoms with Crippen LogP contribution in [0.2, 0.25) is 0 Å². The first-order chi connectivity index (χ1) is 13.6. The van der Waals surface area contributed by atoms with E-state index in [-0.39, 0.29) is 17.7 Å². The van der Waals surface area contributed by atoms with Gasteiger partial charge in [-0.1, -0.05) is 91.6 Å². The monoisotopic (exact) mass is 411 g/mol. The third-order valence-corrected chi connectivity index (χ3v) is 5.99. The maximum atomic E-state index is 12.7. The van der Waals surface area contributed by atoms with Crippen molar-refractivity contribution in [3.05, 3.63) is 12.7 Å². The van der Waals surface area contributed by atoms with Crippen LogP contribution in [0.15, 0.2) is 12.7 Å². The molecule has 0 aliphatic heterocycles. The highest BCUT2D eigenvalue weighted by Gasteiger charge is 2.39. The average molecular weight is 412 g/mol. The lowest BCUT2D eigenvalue weighted by Gasteiger charge is -2.41. The largest absolute Gasteiger partial charge is 0.459 e. The number of rotatable bonds is 20. The minimum absolute atomic E-state index is 0. The van der Waals surface area contributed by atoms with Crippen molar-refractivity contribution in [2.75, 3.05) is 0 Å². The second-order valence-electron chi connectivity index (χ2n) is 8.62. The van der Waals surface area contributed by atoms with E-state index < -0.39 is 0 Å². The zero-order valence-corrected chi connectivity index (χ0v) is 20.4. The average Bonchev–Trinajstić information content (AvgIpc) is 2.67. The summed E-state index contributed by atoms with van der Waals surface area (Å²) in [5.41, 5.74) is -0.226. The predicted molar refractivity (Wildman–Crippen MR) is 129 cm³/mol. The molecular weight excluding hydrogens is 358 g/mol. The van der Waals surface area contributed by atoms with E-state index in [1.54, 1.807) is 0 Å². The lowest BCUT2D eigenvalue weighted by atomic mass is 9.75. The molecule has 0 saturated carbocycles. The van der Waals surface area contributed by atoms with Gasteiger partial charge < -0.3 is 10.9 Å². The van der Waals surface area contributed by atoms with Crippen LogP contribution in [-0.4, -0.2) is 11.6 Å². The molecule has 0 aliphatic rings. The molecule has 3 N–H and O–H groups in total. The first kappa shape index (κ1) is 30.4. The minimum atomic E-state index is -0.226. The molecule has 3 heteroatoms. The molecule has 1 unspecified atom stereocenters. The topological polar surface area (TPSA) is 61.3 Å². The van der Waals surface area contributed by atoms with Crippen LogP contribution >= 0.6 is 0 Å². The first-order valence-corrected chi connectivity index (χ1v) is 12.4. The van der Waals surface area contributed by atoms with Gasteiger partial charge in [0.15, 0.2) is 0 Å². The van der Waals surface area contributed by atoms with Gasteiger partial charge in [-0.05, 0) is 50.9 Å². The predicted octanol–water partition coefficient (Wildman–Crippen LogP) is 8.94. The molecule has 0 aliphatic carbocycles. The first-order valence-electron chi connectivity index (χ1n) is 12.4. The van der Waals surface area contributed by atoms with E-state index in [0.717, 1.165) is 44.9 Å². The molecule has 0 saturated heterocycles. The second-order valence-corrected chi connectivity index (χ2v) is 8.62. The van der Waals surface area contributed by atoms with Crippen LogP contribution in [0, 0.1) is 5.92 Å². The molecule has 29 heavy (non-hydrogen) atoms. The molecule has 0 rings (SSSR count). The van der Waals surface area contributed by atoms with E-state index in [1.807, 2.05) is 6.08 Å². The molecule has 0 aromatic carbocycles. The van der Waals surface area contributed by atoms with Crippen molar-refractivity contribution in [2.24, 2.45) is 5.92 Å². The molecule has 0 heterocycles. The fraction of sp³-hybridized carbons (Fsp3) is 0.885. The normalized spacial score (nSPS) is 12.3. The summed E-state index contributed by atoms with van der Waals surface area (Å²) in [6.07, 6.45) is 21.1. The molecule has 0 spiro atoms. The van der Waals surface area contributed by atoms with E-state index in [1.165, 1.54) is 57.8 Å². The highest BCUT2D eigenvalue weighted by molar-refractivity contribution is 5.69. The standard InChI is InChI=1S/C26H50O2.H3N/c1-6-11-13-14-15-16-17-18-21-25(27)28-26(22-9-4,23-10-5)24(19-8-3)20-12-7-2;/h6,24H,1,7-23H2,2-5H3;1H3. The quantitative estimate of drug-likeness (QED) is 0.123. The van der Waals surface area contributed by atoms with Crippen LogP contribution in [0.4, 0.5) is 0 Å². The van der Waals surface area contributed by atoms with Gasteiger partial charge >= 0.3 is 5.97 Å².